The summed E-state index contributed by atoms with van der Waals surface area (Å²) in [5, 5.41) is 14.1. The van der Waals surface area contributed by atoms with E-state index in [4.69, 9.17) is 0 Å². The quantitative estimate of drug-likeness (QED) is 0.789. The van der Waals surface area contributed by atoms with Crippen molar-refractivity contribution in [2.45, 2.75) is 37.8 Å². The van der Waals surface area contributed by atoms with E-state index < -0.39 is 5.60 Å². The molecule has 4 nitrogen and oxygen atoms in total. The lowest BCUT2D eigenvalue weighted by Crippen LogP contribution is -2.44. The van der Waals surface area contributed by atoms with E-state index in [0.717, 1.165) is 29.4 Å². The Morgan fingerprint density at radius 1 is 1.32 bits per heavy atom. The van der Waals surface area contributed by atoms with E-state index in [9.17, 15) is 9.90 Å². The normalized spacial score (nSPS) is 17.7. The summed E-state index contributed by atoms with van der Waals surface area (Å²) in [6, 6.07) is 10.0. The first-order chi connectivity index (χ1) is 9.17. The van der Waals surface area contributed by atoms with Gasteiger partial charge in [0.05, 0.1) is 6.54 Å². The van der Waals surface area contributed by atoms with Crippen molar-refractivity contribution in [3.05, 3.63) is 36.0 Å². The molecule has 2 aromatic rings. The molecule has 1 fully saturated rings. The number of hydrogen-bond donors (Lipinski definition) is 3. The van der Waals surface area contributed by atoms with Crippen LogP contribution in [0.15, 0.2) is 30.3 Å². The number of aliphatic hydroxyl groups is 1. The van der Waals surface area contributed by atoms with Gasteiger partial charge in [0.2, 0.25) is 0 Å². The Morgan fingerprint density at radius 2 is 2.05 bits per heavy atom. The summed E-state index contributed by atoms with van der Waals surface area (Å²) in [5.74, 6) is -0.247. The molecule has 19 heavy (non-hydrogen) atoms. The summed E-state index contributed by atoms with van der Waals surface area (Å²) >= 11 is 0. The number of para-hydroxylation sites is 1. The minimum Gasteiger partial charge on any atom is -0.380 e. The average molecular weight is 258 g/mol. The molecule has 1 aromatic carbocycles. The molecule has 0 spiro atoms. The molecule has 0 atom stereocenters. The summed E-state index contributed by atoms with van der Waals surface area (Å²) in [7, 11) is 0. The Morgan fingerprint density at radius 3 is 2.79 bits per heavy atom. The highest BCUT2D eigenvalue weighted by Gasteiger charge is 2.38. The molecule has 1 aliphatic rings. The van der Waals surface area contributed by atoms with Gasteiger partial charge in [-0.15, -0.1) is 0 Å². The standard InChI is InChI=1S/C15H18N2O2/c18-14(15(19)7-3-4-8-15)16-10-12-9-11-5-1-2-6-13(11)17-12/h1-2,5-6,9,17,19H,3-4,7-8,10H2,(H,16,18). The van der Waals surface area contributed by atoms with Crippen LogP contribution in [0.3, 0.4) is 0 Å². The van der Waals surface area contributed by atoms with Crippen molar-refractivity contribution < 1.29 is 9.90 Å². The zero-order chi connectivity index (χ0) is 13.3. The topological polar surface area (TPSA) is 65.1 Å². The lowest BCUT2D eigenvalue weighted by Gasteiger charge is -2.20. The molecule has 1 aromatic heterocycles. The van der Waals surface area contributed by atoms with Crippen LogP contribution < -0.4 is 5.32 Å². The van der Waals surface area contributed by atoms with Crippen LogP contribution in [0.2, 0.25) is 0 Å². The number of aromatic nitrogens is 1. The fraction of sp³-hybridized carbons (Fsp3) is 0.400. The highest BCUT2D eigenvalue weighted by molar-refractivity contribution is 5.85. The summed E-state index contributed by atoms with van der Waals surface area (Å²) in [6.45, 7) is 0.426. The molecular formula is C15H18N2O2. The lowest BCUT2D eigenvalue weighted by atomic mass is 10.0. The number of amides is 1. The zero-order valence-corrected chi connectivity index (χ0v) is 10.8. The van der Waals surface area contributed by atoms with Gasteiger partial charge in [0.25, 0.3) is 5.91 Å². The van der Waals surface area contributed by atoms with Gasteiger partial charge >= 0.3 is 0 Å². The maximum Gasteiger partial charge on any atom is 0.252 e. The van der Waals surface area contributed by atoms with Gasteiger partial charge in [0, 0.05) is 11.2 Å². The highest BCUT2D eigenvalue weighted by atomic mass is 16.3. The summed E-state index contributed by atoms with van der Waals surface area (Å²) < 4.78 is 0. The minimum absolute atomic E-state index is 0.247. The lowest BCUT2D eigenvalue weighted by molar-refractivity contribution is -0.139. The van der Waals surface area contributed by atoms with Crippen molar-refractivity contribution in [1.82, 2.24) is 10.3 Å². The Hall–Kier alpha value is -1.81. The van der Waals surface area contributed by atoms with Crippen LogP contribution in [0.25, 0.3) is 10.9 Å². The number of aromatic amines is 1. The summed E-state index contributed by atoms with van der Waals surface area (Å²) in [5.41, 5.74) is 0.869. The molecule has 1 amide bonds. The van der Waals surface area contributed by atoms with E-state index in [1.807, 2.05) is 30.3 Å². The summed E-state index contributed by atoms with van der Waals surface area (Å²) in [4.78, 5) is 15.2. The number of rotatable bonds is 3. The van der Waals surface area contributed by atoms with Gasteiger partial charge in [-0.2, -0.15) is 0 Å². The van der Waals surface area contributed by atoms with Gasteiger partial charge < -0.3 is 15.4 Å². The fourth-order valence-electron chi connectivity index (χ4n) is 2.76. The smallest absolute Gasteiger partial charge is 0.252 e. The van der Waals surface area contributed by atoms with Crippen LogP contribution in [0.4, 0.5) is 0 Å². The Labute approximate surface area is 111 Å². The molecule has 1 heterocycles. The van der Waals surface area contributed by atoms with Gasteiger partial charge in [-0.25, -0.2) is 0 Å². The van der Waals surface area contributed by atoms with Crippen molar-refractivity contribution in [3.63, 3.8) is 0 Å². The van der Waals surface area contributed by atoms with E-state index in [2.05, 4.69) is 10.3 Å². The van der Waals surface area contributed by atoms with Crippen LogP contribution in [0.1, 0.15) is 31.4 Å². The number of benzene rings is 1. The Kier molecular flexibility index (Phi) is 3.03. The molecule has 0 aliphatic heterocycles. The molecule has 0 radical (unpaired) electrons. The largest absolute Gasteiger partial charge is 0.380 e. The first kappa shape index (κ1) is 12.2. The van der Waals surface area contributed by atoms with Gasteiger partial charge in [-0.3, -0.25) is 4.79 Å². The molecular weight excluding hydrogens is 240 g/mol. The second kappa shape index (κ2) is 4.70. The first-order valence-corrected chi connectivity index (χ1v) is 6.75. The molecule has 100 valence electrons. The van der Waals surface area contributed by atoms with Crippen molar-refractivity contribution in [2.24, 2.45) is 0 Å². The van der Waals surface area contributed by atoms with Crippen LogP contribution in [0.5, 0.6) is 0 Å². The predicted octanol–water partition coefficient (Wildman–Crippen LogP) is 2.09. The molecule has 4 heteroatoms. The first-order valence-electron chi connectivity index (χ1n) is 6.75. The van der Waals surface area contributed by atoms with E-state index in [-0.39, 0.29) is 5.91 Å². The second-order valence-corrected chi connectivity index (χ2v) is 5.30. The molecule has 1 aliphatic carbocycles. The number of fused-ring (bicyclic) bond motifs is 1. The van der Waals surface area contributed by atoms with Gasteiger partial charge in [0.15, 0.2) is 0 Å². The van der Waals surface area contributed by atoms with E-state index in [0.29, 0.717) is 19.4 Å². The third-order valence-electron chi connectivity index (χ3n) is 3.88. The van der Waals surface area contributed by atoms with Gasteiger partial charge in [0.1, 0.15) is 5.60 Å². The fourth-order valence-corrected chi connectivity index (χ4v) is 2.76. The third-order valence-corrected chi connectivity index (χ3v) is 3.88. The van der Waals surface area contributed by atoms with Gasteiger partial charge in [-0.05, 0) is 43.2 Å². The van der Waals surface area contributed by atoms with Crippen molar-refractivity contribution >= 4 is 16.8 Å². The highest BCUT2D eigenvalue weighted by Crippen LogP contribution is 2.29. The Bertz CT molecular complexity index is 564. The van der Waals surface area contributed by atoms with E-state index >= 15 is 0 Å². The molecule has 0 unspecified atom stereocenters. The van der Waals surface area contributed by atoms with E-state index in [1.165, 1.54) is 0 Å². The molecule has 0 saturated heterocycles. The Balaban J connectivity index is 1.67. The second-order valence-electron chi connectivity index (χ2n) is 5.30. The van der Waals surface area contributed by atoms with Crippen molar-refractivity contribution in [2.75, 3.05) is 0 Å². The average Bonchev–Trinajstić information content (AvgIpc) is 3.02. The van der Waals surface area contributed by atoms with Crippen molar-refractivity contribution in [1.29, 1.82) is 0 Å². The third kappa shape index (κ3) is 2.36. The number of H-pyrrole nitrogens is 1. The minimum atomic E-state index is -1.15. The number of hydrogen-bond acceptors (Lipinski definition) is 2. The summed E-state index contributed by atoms with van der Waals surface area (Å²) in [6.07, 6.45) is 3.00. The zero-order valence-electron chi connectivity index (χ0n) is 10.8. The van der Waals surface area contributed by atoms with Crippen molar-refractivity contribution in [3.8, 4) is 0 Å². The number of nitrogens with one attached hydrogen (secondary N) is 2. The molecule has 1 saturated carbocycles. The van der Waals surface area contributed by atoms with Crippen LogP contribution in [0, 0.1) is 0 Å². The van der Waals surface area contributed by atoms with Gasteiger partial charge in [-0.1, -0.05) is 18.2 Å². The molecule has 3 rings (SSSR count). The predicted molar refractivity (Wildman–Crippen MR) is 73.6 cm³/mol. The van der Waals surface area contributed by atoms with Crippen LogP contribution >= 0.6 is 0 Å². The molecule has 0 bridgehead atoms. The van der Waals surface area contributed by atoms with E-state index in [1.54, 1.807) is 0 Å². The maximum atomic E-state index is 12.0. The maximum absolute atomic E-state index is 12.0. The SMILES string of the molecule is O=C(NCc1cc2ccccc2[nH]1)C1(O)CCCC1. The van der Waals surface area contributed by atoms with Crippen LogP contribution in [-0.2, 0) is 11.3 Å². The number of carbonyl (C=O) groups is 1. The monoisotopic (exact) mass is 258 g/mol. The van der Waals surface area contributed by atoms with Crippen LogP contribution in [-0.4, -0.2) is 21.6 Å². The molecule has 3 N–H and O–H groups in total. The number of carbonyl (C=O) groups excluding carboxylic acids is 1.